The number of carbonyl (C=O) groups is 2. The summed E-state index contributed by atoms with van der Waals surface area (Å²) in [5, 5.41) is 5.64. The summed E-state index contributed by atoms with van der Waals surface area (Å²) in [5.41, 5.74) is 3.95. The highest BCUT2D eigenvalue weighted by Crippen LogP contribution is 2.37. The van der Waals surface area contributed by atoms with Gasteiger partial charge in [-0.3, -0.25) is 9.59 Å². The summed E-state index contributed by atoms with van der Waals surface area (Å²) in [6.07, 6.45) is 0.935. The zero-order valence-electron chi connectivity index (χ0n) is 16.0. The Morgan fingerprint density at radius 1 is 1.03 bits per heavy atom. The highest BCUT2D eigenvalue weighted by Gasteiger charge is 2.41. The summed E-state index contributed by atoms with van der Waals surface area (Å²) in [7, 11) is 0. The van der Waals surface area contributed by atoms with Gasteiger partial charge in [0.05, 0.1) is 11.3 Å². The SMILES string of the molecule is CCc1ccc(NC2=C(c3cccs3)C(=O)N(c3ccc(Cl)cc3C)C2=O)cc1. The third-order valence-electron chi connectivity index (χ3n) is 4.88. The number of halogens is 1. The number of benzene rings is 2. The molecule has 1 aliphatic rings. The molecular weight excluding hydrogens is 404 g/mol. The van der Waals surface area contributed by atoms with Crippen molar-refractivity contribution in [3.8, 4) is 0 Å². The number of amides is 2. The highest BCUT2D eigenvalue weighted by atomic mass is 35.5. The van der Waals surface area contributed by atoms with Gasteiger partial charge in [-0.1, -0.05) is 36.7 Å². The van der Waals surface area contributed by atoms with Crippen molar-refractivity contribution < 1.29 is 9.59 Å². The van der Waals surface area contributed by atoms with E-state index in [1.807, 2.05) is 48.7 Å². The maximum absolute atomic E-state index is 13.3. The Kier molecular flexibility index (Phi) is 5.26. The van der Waals surface area contributed by atoms with Crippen LogP contribution in [0.1, 0.15) is 22.9 Å². The van der Waals surface area contributed by atoms with Crippen LogP contribution in [-0.2, 0) is 16.0 Å². The second-order valence-electron chi connectivity index (χ2n) is 6.78. The minimum Gasteiger partial charge on any atom is -0.350 e. The summed E-state index contributed by atoms with van der Waals surface area (Å²) < 4.78 is 0. The number of hydrogen-bond donors (Lipinski definition) is 1. The Hall–Kier alpha value is -2.89. The summed E-state index contributed by atoms with van der Waals surface area (Å²) >= 11 is 7.49. The van der Waals surface area contributed by atoms with Gasteiger partial charge in [0.15, 0.2) is 0 Å². The molecule has 2 amide bonds. The minimum atomic E-state index is -0.372. The molecule has 2 aromatic carbocycles. The lowest BCUT2D eigenvalue weighted by molar-refractivity contribution is -0.120. The van der Waals surface area contributed by atoms with Crippen LogP contribution in [0.2, 0.25) is 5.02 Å². The van der Waals surface area contributed by atoms with Crippen LogP contribution < -0.4 is 10.2 Å². The van der Waals surface area contributed by atoms with Gasteiger partial charge in [0, 0.05) is 15.6 Å². The summed E-state index contributed by atoms with van der Waals surface area (Å²) in [6, 6.07) is 16.7. The predicted molar refractivity (Wildman–Crippen MR) is 119 cm³/mol. The molecule has 146 valence electrons. The zero-order chi connectivity index (χ0) is 20.5. The number of anilines is 2. The fraction of sp³-hybridized carbons (Fsp3) is 0.130. The Morgan fingerprint density at radius 3 is 2.41 bits per heavy atom. The van der Waals surface area contributed by atoms with Gasteiger partial charge in [0.2, 0.25) is 0 Å². The van der Waals surface area contributed by atoms with E-state index in [-0.39, 0.29) is 17.5 Å². The average Bonchev–Trinajstić information content (AvgIpc) is 3.31. The summed E-state index contributed by atoms with van der Waals surface area (Å²) in [5.74, 6) is -0.709. The van der Waals surface area contributed by atoms with Crippen LogP contribution in [-0.4, -0.2) is 11.8 Å². The van der Waals surface area contributed by atoms with Gasteiger partial charge in [0.25, 0.3) is 11.8 Å². The molecule has 0 radical (unpaired) electrons. The molecule has 0 saturated heterocycles. The van der Waals surface area contributed by atoms with Crippen LogP contribution >= 0.6 is 22.9 Å². The van der Waals surface area contributed by atoms with Crippen molar-refractivity contribution in [1.82, 2.24) is 0 Å². The zero-order valence-corrected chi connectivity index (χ0v) is 17.6. The summed E-state index contributed by atoms with van der Waals surface area (Å²) in [6.45, 7) is 3.92. The molecule has 0 atom stereocenters. The highest BCUT2D eigenvalue weighted by molar-refractivity contribution is 7.11. The number of nitrogens with one attached hydrogen (secondary N) is 1. The number of aryl methyl sites for hydroxylation is 2. The molecule has 0 fully saturated rings. The molecule has 2 heterocycles. The van der Waals surface area contributed by atoms with Crippen LogP contribution in [0.4, 0.5) is 11.4 Å². The number of nitrogens with zero attached hydrogens (tertiary/aromatic N) is 1. The lowest BCUT2D eigenvalue weighted by Crippen LogP contribution is -2.32. The largest absolute Gasteiger partial charge is 0.350 e. The number of thiophene rings is 1. The first-order valence-corrected chi connectivity index (χ1v) is 10.5. The van der Waals surface area contributed by atoms with E-state index in [1.165, 1.54) is 21.8 Å². The smallest absolute Gasteiger partial charge is 0.282 e. The van der Waals surface area contributed by atoms with Gasteiger partial charge in [0.1, 0.15) is 5.70 Å². The minimum absolute atomic E-state index is 0.288. The monoisotopic (exact) mass is 422 g/mol. The first kappa shape index (κ1) is 19.4. The van der Waals surface area contributed by atoms with Gasteiger partial charge >= 0.3 is 0 Å². The van der Waals surface area contributed by atoms with E-state index >= 15 is 0 Å². The van der Waals surface area contributed by atoms with Gasteiger partial charge in [-0.05, 0) is 66.2 Å². The standard InChI is InChI=1S/C23H19ClN2O2S/c1-3-15-6-9-17(10-7-15)25-21-20(19-5-4-12-29-19)22(27)26(23(21)28)18-11-8-16(24)13-14(18)2/h4-13,25H,3H2,1-2H3. The molecular formula is C23H19ClN2O2S. The molecule has 6 heteroatoms. The average molecular weight is 423 g/mol. The Bertz CT molecular complexity index is 1120. The molecule has 3 aromatic rings. The predicted octanol–water partition coefficient (Wildman–Crippen LogP) is 5.67. The van der Waals surface area contributed by atoms with Crippen molar-refractivity contribution in [1.29, 1.82) is 0 Å². The topological polar surface area (TPSA) is 49.4 Å². The van der Waals surface area contributed by atoms with Gasteiger partial charge in [-0.15, -0.1) is 11.3 Å². The fourth-order valence-corrected chi connectivity index (χ4v) is 4.35. The number of imide groups is 1. The molecule has 0 spiro atoms. The van der Waals surface area contributed by atoms with E-state index in [9.17, 15) is 9.59 Å². The number of hydrogen-bond acceptors (Lipinski definition) is 4. The maximum atomic E-state index is 13.3. The van der Waals surface area contributed by atoms with E-state index in [4.69, 9.17) is 11.6 Å². The molecule has 0 unspecified atom stereocenters. The van der Waals surface area contributed by atoms with Crippen molar-refractivity contribution in [3.63, 3.8) is 0 Å². The van der Waals surface area contributed by atoms with Gasteiger partial charge in [-0.25, -0.2) is 4.90 Å². The Morgan fingerprint density at radius 2 is 1.79 bits per heavy atom. The quantitative estimate of drug-likeness (QED) is 0.539. The van der Waals surface area contributed by atoms with E-state index in [2.05, 4.69) is 12.2 Å². The molecule has 4 rings (SSSR count). The van der Waals surface area contributed by atoms with Crippen molar-refractivity contribution in [2.24, 2.45) is 0 Å². The molecule has 1 aliphatic heterocycles. The van der Waals surface area contributed by atoms with Crippen molar-refractivity contribution in [2.75, 3.05) is 10.2 Å². The molecule has 1 aromatic heterocycles. The van der Waals surface area contributed by atoms with Gasteiger partial charge < -0.3 is 5.32 Å². The van der Waals surface area contributed by atoms with Crippen LogP contribution in [0, 0.1) is 6.92 Å². The maximum Gasteiger partial charge on any atom is 0.282 e. The van der Waals surface area contributed by atoms with E-state index in [0.29, 0.717) is 16.3 Å². The molecule has 0 saturated carbocycles. The number of rotatable bonds is 5. The Labute approximate surface area is 178 Å². The Balaban J connectivity index is 1.78. The van der Waals surface area contributed by atoms with Crippen LogP contribution in [0.15, 0.2) is 65.7 Å². The normalized spacial score (nSPS) is 14.1. The van der Waals surface area contributed by atoms with Crippen molar-refractivity contribution in [3.05, 3.63) is 86.7 Å². The fourth-order valence-electron chi connectivity index (χ4n) is 3.35. The molecule has 0 bridgehead atoms. The first-order chi connectivity index (χ1) is 14.0. The second kappa shape index (κ2) is 7.85. The van der Waals surface area contributed by atoms with Gasteiger partial charge in [-0.2, -0.15) is 0 Å². The summed E-state index contributed by atoms with van der Waals surface area (Å²) in [4.78, 5) is 28.7. The first-order valence-electron chi connectivity index (χ1n) is 9.28. The molecule has 4 nitrogen and oxygen atoms in total. The molecule has 0 aliphatic carbocycles. The van der Waals surface area contributed by atoms with Crippen LogP contribution in [0.3, 0.4) is 0 Å². The third-order valence-corrected chi connectivity index (χ3v) is 6.01. The van der Waals surface area contributed by atoms with E-state index in [0.717, 1.165) is 22.5 Å². The van der Waals surface area contributed by atoms with Crippen molar-refractivity contribution >= 4 is 51.7 Å². The van der Waals surface area contributed by atoms with E-state index in [1.54, 1.807) is 18.2 Å². The van der Waals surface area contributed by atoms with E-state index < -0.39 is 0 Å². The lowest BCUT2D eigenvalue weighted by Gasteiger charge is -2.18. The van der Waals surface area contributed by atoms with Crippen LogP contribution in [0.25, 0.3) is 5.57 Å². The lowest BCUT2D eigenvalue weighted by atomic mass is 10.1. The molecule has 1 N–H and O–H groups in total. The third kappa shape index (κ3) is 3.59. The second-order valence-corrected chi connectivity index (χ2v) is 8.16. The van der Waals surface area contributed by atoms with Crippen LogP contribution in [0.5, 0.6) is 0 Å². The number of carbonyl (C=O) groups excluding carboxylic acids is 2. The van der Waals surface area contributed by atoms with Crippen molar-refractivity contribution in [2.45, 2.75) is 20.3 Å². The molecule has 29 heavy (non-hydrogen) atoms.